The minimum atomic E-state index is 0.509. The molecule has 0 saturated carbocycles. The topological polar surface area (TPSA) is 56.7 Å². The van der Waals surface area contributed by atoms with Crippen LogP contribution in [0.3, 0.4) is 0 Å². The Labute approximate surface area is 95.1 Å². The van der Waals surface area contributed by atoms with Crippen molar-refractivity contribution in [1.29, 1.82) is 0 Å². The number of benzene rings is 1. The van der Waals surface area contributed by atoms with Gasteiger partial charge in [-0.2, -0.15) is 5.10 Å². The highest BCUT2D eigenvalue weighted by molar-refractivity contribution is 5.47. The highest BCUT2D eigenvalue weighted by Crippen LogP contribution is 2.19. The Morgan fingerprint density at radius 3 is 2.56 bits per heavy atom. The number of hydrogen-bond donors (Lipinski definition) is 1. The molecule has 0 saturated heterocycles. The number of aromatic nitrogens is 3. The van der Waals surface area contributed by atoms with Crippen LogP contribution in [-0.4, -0.2) is 14.8 Å². The van der Waals surface area contributed by atoms with Crippen molar-refractivity contribution in [2.75, 3.05) is 0 Å². The van der Waals surface area contributed by atoms with E-state index >= 15 is 0 Å². The summed E-state index contributed by atoms with van der Waals surface area (Å²) >= 11 is 0. The van der Waals surface area contributed by atoms with E-state index in [0.29, 0.717) is 6.54 Å². The maximum absolute atomic E-state index is 5.75. The fourth-order valence-electron chi connectivity index (χ4n) is 1.92. The van der Waals surface area contributed by atoms with Crippen molar-refractivity contribution in [2.45, 2.75) is 27.3 Å². The molecule has 0 amide bonds. The molecule has 1 aromatic heterocycles. The first kappa shape index (κ1) is 10.8. The Hall–Kier alpha value is -1.68. The molecule has 0 aliphatic carbocycles. The molecule has 1 heterocycles. The highest BCUT2D eigenvalue weighted by Gasteiger charge is 2.11. The van der Waals surface area contributed by atoms with Crippen molar-refractivity contribution in [2.24, 2.45) is 5.73 Å². The third kappa shape index (κ3) is 1.72. The van der Waals surface area contributed by atoms with Crippen molar-refractivity contribution >= 4 is 0 Å². The zero-order valence-corrected chi connectivity index (χ0v) is 9.86. The van der Waals surface area contributed by atoms with E-state index in [4.69, 9.17) is 5.73 Å². The smallest absolute Gasteiger partial charge is 0.148 e. The zero-order chi connectivity index (χ0) is 11.7. The highest BCUT2D eigenvalue weighted by atomic mass is 15.3. The average Bonchev–Trinajstić information content (AvgIpc) is 2.57. The van der Waals surface area contributed by atoms with Crippen molar-refractivity contribution in [1.82, 2.24) is 14.8 Å². The molecule has 0 aliphatic rings. The maximum Gasteiger partial charge on any atom is 0.148 e. The van der Waals surface area contributed by atoms with Gasteiger partial charge in [-0.3, -0.25) is 0 Å². The van der Waals surface area contributed by atoms with Crippen LogP contribution in [0.5, 0.6) is 0 Å². The summed E-state index contributed by atoms with van der Waals surface area (Å²) in [5.41, 5.74) is 9.06. The maximum atomic E-state index is 5.75. The standard InChI is InChI=1S/C12H16N4/c1-8-5-4-6-11(7-13)12(8)16-10(3)14-9(2)15-16/h4-6H,7,13H2,1-3H3. The second-order valence-electron chi connectivity index (χ2n) is 3.90. The summed E-state index contributed by atoms with van der Waals surface area (Å²) in [5.74, 6) is 1.67. The van der Waals surface area contributed by atoms with E-state index in [1.165, 1.54) is 0 Å². The molecule has 2 aromatic rings. The molecule has 1 aromatic carbocycles. The van der Waals surface area contributed by atoms with Gasteiger partial charge in [0.05, 0.1) is 5.69 Å². The minimum Gasteiger partial charge on any atom is -0.326 e. The number of aryl methyl sites for hydroxylation is 3. The van der Waals surface area contributed by atoms with Gasteiger partial charge in [-0.15, -0.1) is 0 Å². The first-order valence-electron chi connectivity index (χ1n) is 5.32. The molecular weight excluding hydrogens is 200 g/mol. The molecule has 0 spiro atoms. The molecule has 2 N–H and O–H groups in total. The van der Waals surface area contributed by atoms with E-state index < -0.39 is 0 Å². The largest absolute Gasteiger partial charge is 0.326 e. The van der Waals surface area contributed by atoms with Crippen molar-refractivity contribution in [3.05, 3.63) is 41.0 Å². The molecule has 0 unspecified atom stereocenters. The van der Waals surface area contributed by atoms with E-state index in [2.05, 4.69) is 23.1 Å². The number of hydrogen-bond acceptors (Lipinski definition) is 3. The predicted molar refractivity (Wildman–Crippen MR) is 63.5 cm³/mol. The quantitative estimate of drug-likeness (QED) is 0.830. The van der Waals surface area contributed by atoms with Crippen LogP contribution in [0, 0.1) is 20.8 Å². The molecule has 0 bridgehead atoms. The van der Waals surface area contributed by atoms with Crippen molar-refractivity contribution < 1.29 is 0 Å². The Balaban J connectivity index is 2.67. The fraction of sp³-hybridized carbons (Fsp3) is 0.333. The lowest BCUT2D eigenvalue weighted by molar-refractivity contribution is 0.809. The van der Waals surface area contributed by atoms with Gasteiger partial charge in [0, 0.05) is 6.54 Å². The number of para-hydroxylation sites is 1. The van der Waals surface area contributed by atoms with Crippen LogP contribution in [0.25, 0.3) is 5.69 Å². The third-order valence-corrected chi connectivity index (χ3v) is 2.63. The van der Waals surface area contributed by atoms with Gasteiger partial charge in [0.1, 0.15) is 11.6 Å². The first-order valence-corrected chi connectivity index (χ1v) is 5.32. The molecule has 2 rings (SSSR count). The van der Waals surface area contributed by atoms with E-state index in [1.54, 1.807) is 0 Å². The number of rotatable bonds is 2. The minimum absolute atomic E-state index is 0.509. The van der Waals surface area contributed by atoms with Gasteiger partial charge in [0.25, 0.3) is 0 Å². The molecule has 0 atom stereocenters. The molecule has 84 valence electrons. The van der Waals surface area contributed by atoms with Crippen LogP contribution in [0.4, 0.5) is 0 Å². The van der Waals surface area contributed by atoms with Crippen molar-refractivity contribution in [3.8, 4) is 5.69 Å². The lowest BCUT2D eigenvalue weighted by Crippen LogP contribution is -2.09. The van der Waals surface area contributed by atoms with Crippen molar-refractivity contribution in [3.63, 3.8) is 0 Å². The van der Waals surface area contributed by atoms with Crippen LogP contribution in [0.1, 0.15) is 22.8 Å². The summed E-state index contributed by atoms with van der Waals surface area (Å²) in [6.07, 6.45) is 0. The van der Waals surface area contributed by atoms with Crippen LogP contribution in [0.15, 0.2) is 18.2 Å². The Kier molecular flexibility index (Phi) is 2.75. The van der Waals surface area contributed by atoms with Gasteiger partial charge >= 0.3 is 0 Å². The van der Waals surface area contributed by atoms with E-state index in [9.17, 15) is 0 Å². The Morgan fingerprint density at radius 1 is 1.25 bits per heavy atom. The summed E-state index contributed by atoms with van der Waals surface area (Å²) in [4.78, 5) is 4.31. The Bertz CT molecular complexity index is 514. The normalized spacial score (nSPS) is 10.8. The van der Waals surface area contributed by atoms with E-state index in [1.807, 2.05) is 30.7 Å². The fourth-order valence-corrected chi connectivity index (χ4v) is 1.92. The van der Waals surface area contributed by atoms with Gasteiger partial charge in [-0.25, -0.2) is 9.67 Å². The van der Waals surface area contributed by atoms with Crippen LogP contribution in [0.2, 0.25) is 0 Å². The summed E-state index contributed by atoms with van der Waals surface area (Å²) in [6.45, 7) is 6.41. The molecule has 4 heteroatoms. The lowest BCUT2D eigenvalue weighted by atomic mass is 10.1. The summed E-state index contributed by atoms with van der Waals surface area (Å²) < 4.78 is 1.87. The molecular formula is C12H16N4. The SMILES string of the molecule is Cc1nc(C)n(-c2c(C)cccc2CN)n1. The molecule has 16 heavy (non-hydrogen) atoms. The summed E-state index contributed by atoms with van der Waals surface area (Å²) in [5, 5.41) is 4.40. The van der Waals surface area contributed by atoms with Crippen LogP contribution >= 0.6 is 0 Å². The van der Waals surface area contributed by atoms with Crippen LogP contribution in [-0.2, 0) is 6.54 Å². The second kappa shape index (κ2) is 4.06. The van der Waals surface area contributed by atoms with E-state index in [-0.39, 0.29) is 0 Å². The predicted octanol–water partition coefficient (Wildman–Crippen LogP) is 1.65. The molecule has 0 aliphatic heterocycles. The molecule has 0 radical (unpaired) electrons. The molecule has 4 nitrogen and oxygen atoms in total. The Morgan fingerprint density at radius 2 is 2.00 bits per heavy atom. The van der Waals surface area contributed by atoms with Gasteiger partial charge in [0.2, 0.25) is 0 Å². The average molecular weight is 216 g/mol. The number of nitrogens with two attached hydrogens (primary N) is 1. The van der Waals surface area contributed by atoms with Gasteiger partial charge in [0.15, 0.2) is 0 Å². The van der Waals surface area contributed by atoms with E-state index in [0.717, 1.165) is 28.5 Å². The van der Waals surface area contributed by atoms with Gasteiger partial charge < -0.3 is 5.73 Å². The van der Waals surface area contributed by atoms with Gasteiger partial charge in [-0.1, -0.05) is 18.2 Å². The molecule has 0 fully saturated rings. The number of nitrogens with zero attached hydrogens (tertiary/aromatic N) is 3. The summed E-state index contributed by atoms with van der Waals surface area (Å²) in [7, 11) is 0. The third-order valence-electron chi connectivity index (χ3n) is 2.63. The summed E-state index contributed by atoms with van der Waals surface area (Å²) in [6, 6.07) is 6.10. The van der Waals surface area contributed by atoms with Crippen LogP contribution < -0.4 is 5.73 Å². The monoisotopic (exact) mass is 216 g/mol. The lowest BCUT2D eigenvalue weighted by Gasteiger charge is -2.11. The second-order valence-corrected chi connectivity index (χ2v) is 3.90. The first-order chi connectivity index (χ1) is 7.63. The van der Waals surface area contributed by atoms with Gasteiger partial charge in [-0.05, 0) is 31.9 Å². The zero-order valence-electron chi connectivity index (χ0n) is 9.86.